The molecule has 1 unspecified atom stereocenters. The van der Waals surface area contributed by atoms with Crippen molar-refractivity contribution in [1.29, 1.82) is 0 Å². The van der Waals surface area contributed by atoms with Gasteiger partial charge in [0.1, 0.15) is 49.0 Å². The molecule has 4 aromatic carbocycles. The maximum atomic E-state index is 10.7. The van der Waals surface area contributed by atoms with Gasteiger partial charge in [0.15, 0.2) is 6.29 Å². The molecule has 0 aromatic heterocycles. The van der Waals surface area contributed by atoms with Crippen LogP contribution >= 0.6 is 0 Å². The SMILES string of the molecule is C.C.O.OC[C@H](O)[C@H]1O[C@@H]2O[B-](O)(c3ccc4ccccc4c3)O[C@H]2[C@H]1O.OC[C@H](O)[C@H]1O[C@H](O)[C@@H](O)[C@H]1O.O[B-](O)(O)c1ccc2ccccc2c1.[CH3+]. The zero-order chi connectivity index (χ0) is 36.4. The topological polar surface area (TPSA) is 311 Å². The summed E-state index contributed by atoms with van der Waals surface area (Å²) in [5.41, 5.74) is 0.571. The summed E-state index contributed by atoms with van der Waals surface area (Å²) in [6.45, 7) is -7.34. The minimum atomic E-state index is -3.39. The Balaban J connectivity index is 0.000000421. The molecule has 3 saturated heterocycles. The number of aliphatic hydroxyl groups is 8. The van der Waals surface area contributed by atoms with Crippen molar-refractivity contribution in [1.82, 2.24) is 0 Å². The Hall–Kier alpha value is -3.28. The van der Waals surface area contributed by atoms with Gasteiger partial charge in [0.25, 0.3) is 0 Å². The third-order valence-electron chi connectivity index (χ3n) is 8.72. The van der Waals surface area contributed by atoms with Crippen LogP contribution in [-0.4, -0.2) is 155 Å². The van der Waals surface area contributed by atoms with Crippen molar-refractivity contribution < 1.29 is 85.2 Å². The highest BCUT2D eigenvalue weighted by Gasteiger charge is 2.55. The van der Waals surface area contributed by atoms with Gasteiger partial charge in [0.2, 0.25) is 0 Å². The molecule has 7 rings (SSSR count). The van der Waals surface area contributed by atoms with E-state index in [9.17, 15) is 15.2 Å². The van der Waals surface area contributed by atoms with Crippen LogP contribution in [0.3, 0.4) is 0 Å². The molecule has 0 aliphatic carbocycles. The van der Waals surface area contributed by atoms with Crippen LogP contribution in [-0.2, 0) is 18.8 Å². The molecule has 0 bridgehead atoms. The number of ether oxygens (including phenoxy) is 2. The molecule has 3 aliphatic rings. The highest BCUT2D eigenvalue weighted by molar-refractivity contribution is 6.75. The summed E-state index contributed by atoms with van der Waals surface area (Å²) < 4.78 is 21.1. The summed E-state index contributed by atoms with van der Waals surface area (Å²) in [6.07, 6.45) is -12.2. The maximum Gasteiger partial charge on any atom is 0.409 e. The van der Waals surface area contributed by atoms with E-state index in [1.807, 2.05) is 54.6 Å². The van der Waals surface area contributed by atoms with Gasteiger partial charge in [-0.25, -0.2) is 0 Å². The molecule has 0 spiro atoms. The second kappa shape index (κ2) is 20.1. The van der Waals surface area contributed by atoms with Crippen molar-refractivity contribution in [2.45, 2.75) is 76.3 Å². The van der Waals surface area contributed by atoms with Crippen LogP contribution in [0.15, 0.2) is 84.9 Å². The summed E-state index contributed by atoms with van der Waals surface area (Å²) in [6, 6.07) is 25.3. The number of aliphatic hydroxyl groups excluding tert-OH is 8. The van der Waals surface area contributed by atoms with Gasteiger partial charge in [-0.15, -0.1) is 10.9 Å². The van der Waals surface area contributed by atoms with E-state index in [2.05, 4.69) is 4.74 Å². The average Bonchev–Trinajstić information content (AvgIpc) is 3.71. The van der Waals surface area contributed by atoms with Crippen molar-refractivity contribution in [2.75, 3.05) is 13.2 Å². The molecular formula is C35H53B2O17-. The molecule has 19 heteroatoms. The first-order chi connectivity index (χ1) is 23.7. The van der Waals surface area contributed by atoms with Gasteiger partial charge in [-0.2, -0.15) is 0 Å². The fourth-order valence-electron chi connectivity index (χ4n) is 5.91. The van der Waals surface area contributed by atoms with E-state index in [0.717, 1.165) is 21.5 Å². The Morgan fingerprint density at radius 2 is 1.11 bits per heavy atom. The van der Waals surface area contributed by atoms with Crippen molar-refractivity contribution in [3.05, 3.63) is 92.4 Å². The molecule has 14 N–H and O–H groups in total. The van der Waals surface area contributed by atoms with Crippen molar-refractivity contribution >= 4 is 46.0 Å². The Kier molecular flexibility index (Phi) is 18.1. The van der Waals surface area contributed by atoms with Crippen molar-refractivity contribution in [3.8, 4) is 0 Å². The third-order valence-corrected chi connectivity index (χ3v) is 8.72. The zero-order valence-electron chi connectivity index (χ0n) is 27.9. The third kappa shape index (κ3) is 10.5. The fraction of sp³-hybridized carbons (Fsp3) is 0.400. The summed E-state index contributed by atoms with van der Waals surface area (Å²) in [5, 5.41) is 115. The number of hydrogen-bond donors (Lipinski definition) is 12. The highest BCUT2D eigenvalue weighted by atomic mass is 16.8. The first kappa shape index (κ1) is 48.7. The van der Waals surface area contributed by atoms with Gasteiger partial charge < -0.3 is 85.2 Å². The second-order valence-corrected chi connectivity index (χ2v) is 12.3. The predicted octanol–water partition coefficient (Wildman–Crippen LogP) is -3.53. The average molecular weight is 767 g/mol. The molecule has 54 heavy (non-hydrogen) atoms. The van der Waals surface area contributed by atoms with Crippen molar-refractivity contribution in [3.63, 3.8) is 0 Å². The van der Waals surface area contributed by atoms with E-state index in [1.165, 1.54) is 6.07 Å². The fourth-order valence-corrected chi connectivity index (χ4v) is 5.91. The van der Waals surface area contributed by atoms with Crippen LogP contribution in [0, 0.1) is 7.43 Å². The number of hydrogen-bond acceptors (Lipinski definition) is 16. The lowest BCUT2D eigenvalue weighted by Gasteiger charge is -2.33. The van der Waals surface area contributed by atoms with E-state index in [1.54, 1.807) is 24.3 Å². The lowest BCUT2D eigenvalue weighted by molar-refractivity contribution is -0.150. The van der Waals surface area contributed by atoms with Gasteiger partial charge in [-0.3, -0.25) is 0 Å². The standard InChI is InChI=1S/C16H18BO7.C10H10BO3.C6H12O6.2CH4.CH3.H2O/c18-8-12(19)14-13(20)15-16(22-14)24-17(21,23-15)11-6-5-9-3-1-2-4-10(9)7-11;12-11(13,14)10-6-5-8-3-1-2-4-9(8)7-10;7-1-2(8)5-3(9)4(10)6(11)12-5;;;;/h1-7,12-16,18-21H,8H2;1-7,12-14H;2-11H,1H2;2*1H4;1H3;1H2/q2*-1;;;;+1;/t12-,13-,14+,15-,16+,17?;;2-,3+,4-,5+,6-;;;;/m0.0..../s1. The summed E-state index contributed by atoms with van der Waals surface area (Å²) in [4.78, 5) is 0. The largest absolute Gasteiger partial charge is 0.556 e. The van der Waals surface area contributed by atoms with Crippen LogP contribution in [0.5, 0.6) is 0 Å². The summed E-state index contributed by atoms with van der Waals surface area (Å²) in [7, 11) is 0. The molecule has 11 atom stereocenters. The van der Waals surface area contributed by atoms with Crippen LogP contribution < -0.4 is 10.9 Å². The molecule has 4 aromatic rings. The minimum Gasteiger partial charge on any atom is -0.556 e. The van der Waals surface area contributed by atoms with E-state index >= 15 is 0 Å². The Labute approximate surface area is 312 Å². The van der Waals surface area contributed by atoms with Crippen LogP contribution in [0.2, 0.25) is 0 Å². The van der Waals surface area contributed by atoms with Gasteiger partial charge in [-0.05, 0) is 21.5 Å². The van der Waals surface area contributed by atoms with E-state index in [0.29, 0.717) is 5.46 Å². The minimum absolute atomic E-state index is 0. The van der Waals surface area contributed by atoms with Gasteiger partial charge in [-0.1, -0.05) is 99.8 Å². The Bertz CT molecular complexity index is 1730. The smallest absolute Gasteiger partial charge is 0.409 e. The predicted molar refractivity (Wildman–Crippen MR) is 201 cm³/mol. The summed E-state index contributed by atoms with van der Waals surface area (Å²) >= 11 is 0. The molecular weight excluding hydrogens is 714 g/mol. The van der Waals surface area contributed by atoms with Gasteiger partial charge in [0, 0.05) is 7.43 Å². The zero-order valence-corrected chi connectivity index (χ0v) is 27.9. The quantitative estimate of drug-likeness (QED) is 0.0668. The van der Waals surface area contributed by atoms with Crippen LogP contribution in [0.25, 0.3) is 21.5 Å². The molecule has 17 nitrogen and oxygen atoms in total. The van der Waals surface area contributed by atoms with Crippen LogP contribution in [0.4, 0.5) is 0 Å². The molecule has 0 amide bonds. The second-order valence-electron chi connectivity index (χ2n) is 12.3. The van der Waals surface area contributed by atoms with Gasteiger partial charge in [0.05, 0.1) is 19.3 Å². The maximum absolute atomic E-state index is 10.7. The molecule has 0 saturated carbocycles. The number of fused-ring (bicyclic) bond motifs is 3. The first-order valence-corrected chi connectivity index (χ1v) is 15.8. The number of rotatable bonds is 6. The Morgan fingerprint density at radius 1 is 0.630 bits per heavy atom. The highest BCUT2D eigenvalue weighted by Crippen LogP contribution is 2.35. The lowest BCUT2D eigenvalue weighted by atomic mass is 9.69. The first-order valence-electron chi connectivity index (χ1n) is 15.8. The molecule has 3 heterocycles. The van der Waals surface area contributed by atoms with E-state index in [4.69, 9.17) is 59.8 Å². The van der Waals surface area contributed by atoms with E-state index in [-0.39, 0.29) is 33.2 Å². The number of benzene rings is 4. The van der Waals surface area contributed by atoms with E-state index < -0.39 is 88.1 Å². The molecule has 3 fully saturated rings. The Morgan fingerprint density at radius 3 is 1.57 bits per heavy atom. The van der Waals surface area contributed by atoms with Gasteiger partial charge >= 0.3 is 13.5 Å². The molecule has 0 radical (unpaired) electrons. The molecule has 3 aliphatic heterocycles. The normalized spacial score (nSPS) is 29.4. The monoisotopic (exact) mass is 767 g/mol. The summed E-state index contributed by atoms with van der Waals surface area (Å²) in [5.74, 6) is 0. The van der Waals surface area contributed by atoms with Crippen molar-refractivity contribution in [2.24, 2.45) is 0 Å². The lowest BCUT2D eigenvalue weighted by Crippen LogP contribution is -2.53. The molecule has 302 valence electrons. The van der Waals surface area contributed by atoms with Crippen LogP contribution in [0.1, 0.15) is 14.9 Å².